The molecule has 0 saturated carbocycles. The molecule has 0 atom stereocenters. The van der Waals surface area contributed by atoms with Crippen molar-refractivity contribution in [2.75, 3.05) is 26.4 Å². The number of carbonyl (C=O) groups excluding carboxylic acids is 1. The van der Waals surface area contributed by atoms with Crippen molar-refractivity contribution in [3.8, 4) is 11.5 Å². The number of hydrogen-bond acceptors (Lipinski definition) is 9. The van der Waals surface area contributed by atoms with Gasteiger partial charge in [0.25, 0.3) is 5.91 Å². The van der Waals surface area contributed by atoms with Gasteiger partial charge in [0.05, 0.1) is 0 Å². The van der Waals surface area contributed by atoms with Gasteiger partial charge < -0.3 is 43.4 Å². The van der Waals surface area contributed by atoms with Crippen LogP contribution >= 0.6 is 31.9 Å². The zero-order valence-corrected chi connectivity index (χ0v) is 33.8. The average Bonchev–Trinajstić information content (AvgIpc) is 3.68. The minimum absolute atomic E-state index is 0.0503. The number of halogens is 8. The molecule has 4 aromatic rings. The van der Waals surface area contributed by atoms with E-state index < -0.39 is 18.7 Å². The number of carboxylic acids is 1. The van der Waals surface area contributed by atoms with E-state index in [1.54, 1.807) is 52.5 Å². The third-order valence-corrected chi connectivity index (χ3v) is 9.88. The van der Waals surface area contributed by atoms with E-state index in [9.17, 15) is 35.9 Å². The summed E-state index contributed by atoms with van der Waals surface area (Å²) in [6, 6.07) is 12.0. The number of benzene rings is 2. The molecule has 2 saturated heterocycles. The van der Waals surface area contributed by atoms with E-state index in [-0.39, 0.29) is 41.4 Å². The molecule has 13 nitrogen and oxygen atoms in total. The van der Waals surface area contributed by atoms with Gasteiger partial charge in [-0.1, -0.05) is 24.3 Å². The van der Waals surface area contributed by atoms with Crippen molar-refractivity contribution >= 4 is 43.7 Å². The van der Waals surface area contributed by atoms with Crippen molar-refractivity contribution in [3.63, 3.8) is 0 Å². The van der Waals surface area contributed by atoms with Gasteiger partial charge in [-0.2, -0.15) is 0 Å². The molecule has 2 aliphatic rings. The van der Waals surface area contributed by atoms with E-state index in [4.69, 9.17) is 14.6 Å². The summed E-state index contributed by atoms with van der Waals surface area (Å²) >= 11 is 6.34. The van der Waals surface area contributed by atoms with E-state index in [1.807, 2.05) is 0 Å². The standard InChI is InChI=1S/C18H19BrF3N3O3.C13H16F3NO2.C5H5BrN2O2/c1-24-11-15(23-17(24)19)16(26)25(13-5-7-27-8-6-13)10-12-3-2-4-14(9-12)28-18(20,21)22;14-13(15,16)19-12-3-1-2-10(8-12)9-17-11-4-6-18-7-5-11;1-8-2-3(4(9)10)7-5(8)6/h2-4,9,11,13H,5-8,10H2,1H3;1-3,8,11,17H,4-7,9H2;2H,1H3,(H,9,10). The van der Waals surface area contributed by atoms with Crippen molar-refractivity contribution < 1.29 is 60.0 Å². The van der Waals surface area contributed by atoms with Crippen LogP contribution in [0, 0.1) is 0 Å². The Morgan fingerprint density at radius 3 is 1.74 bits per heavy atom. The molecule has 0 spiro atoms. The number of alkyl halides is 6. The lowest BCUT2D eigenvalue weighted by Crippen LogP contribution is -2.43. The molecule has 2 aliphatic heterocycles. The van der Waals surface area contributed by atoms with E-state index in [2.05, 4.69) is 56.6 Å². The molecule has 0 unspecified atom stereocenters. The molecule has 2 N–H and O–H groups in total. The average molecular weight is 943 g/mol. The van der Waals surface area contributed by atoms with Gasteiger partial charge in [-0.05, 0) is 92.9 Å². The molecule has 2 fully saturated rings. The molecule has 4 heterocycles. The molecule has 2 aromatic heterocycles. The second-order valence-electron chi connectivity index (χ2n) is 12.8. The van der Waals surface area contributed by atoms with Gasteiger partial charge in [-0.25, -0.2) is 14.8 Å². The predicted octanol–water partition coefficient (Wildman–Crippen LogP) is 7.64. The number of nitrogens with zero attached hydrogens (tertiary/aromatic N) is 5. The number of aromatic carboxylic acids is 1. The Balaban J connectivity index is 0.000000213. The molecule has 312 valence electrons. The fourth-order valence-electron chi connectivity index (χ4n) is 5.66. The van der Waals surface area contributed by atoms with E-state index in [1.165, 1.54) is 36.5 Å². The van der Waals surface area contributed by atoms with Crippen LogP contribution in [0.4, 0.5) is 26.3 Å². The fourth-order valence-corrected chi connectivity index (χ4v) is 6.25. The third-order valence-electron chi connectivity index (χ3n) is 8.40. The maximum atomic E-state index is 13.1. The van der Waals surface area contributed by atoms with Crippen molar-refractivity contribution in [2.45, 2.75) is 63.6 Å². The van der Waals surface area contributed by atoms with Gasteiger partial charge in [0.1, 0.15) is 17.2 Å². The molecule has 57 heavy (non-hydrogen) atoms. The summed E-state index contributed by atoms with van der Waals surface area (Å²) in [7, 11) is 3.47. The van der Waals surface area contributed by atoms with Crippen molar-refractivity contribution in [1.29, 1.82) is 0 Å². The third kappa shape index (κ3) is 15.6. The second-order valence-corrected chi connectivity index (χ2v) is 14.2. The zero-order chi connectivity index (χ0) is 41.8. The number of rotatable bonds is 10. The molecule has 6 rings (SSSR count). The summed E-state index contributed by atoms with van der Waals surface area (Å²) in [5, 5.41) is 11.7. The number of imidazole rings is 2. The van der Waals surface area contributed by atoms with Crippen molar-refractivity contribution in [3.05, 3.63) is 92.9 Å². The number of amides is 1. The predicted molar refractivity (Wildman–Crippen MR) is 199 cm³/mol. The maximum absolute atomic E-state index is 13.1. The number of nitrogens with one attached hydrogen (secondary N) is 1. The first-order chi connectivity index (χ1) is 26.9. The fraction of sp³-hybridized carbons (Fsp3) is 0.444. The van der Waals surface area contributed by atoms with E-state index >= 15 is 0 Å². The van der Waals surface area contributed by atoms with Crippen LogP contribution in [-0.2, 0) is 36.7 Å². The number of hydrogen-bond donors (Lipinski definition) is 2. The Bertz CT molecular complexity index is 1880. The van der Waals surface area contributed by atoms with Gasteiger partial charge in [0.2, 0.25) is 0 Å². The van der Waals surface area contributed by atoms with Crippen LogP contribution in [0.3, 0.4) is 0 Å². The largest absolute Gasteiger partial charge is 0.573 e. The van der Waals surface area contributed by atoms with Crippen molar-refractivity contribution in [1.82, 2.24) is 29.3 Å². The number of carboxylic acid groups (broad SMARTS) is 1. The maximum Gasteiger partial charge on any atom is 0.573 e. The summed E-state index contributed by atoms with van der Waals surface area (Å²) in [5.41, 5.74) is 1.63. The Hall–Kier alpha value is -4.18. The molecule has 0 bridgehead atoms. The van der Waals surface area contributed by atoms with Gasteiger partial charge in [0.15, 0.2) is 15.2 Å². The Morgan fingerprint density at radius 1 is 0.807 bits per heavy atom. The topological polar surface area (TPSA) is 142 Å². The van der Waals surface area contributed by atoms with Gasteiger partial charge >= 0.3 is 18.7 Å². The smallest absolute Gasteiger partial charge is 0.476 e. The van der Waals surface area contributed by atoms with Crippen LogP contribution in [0.25, 0.3) is 0 Å². The van der Waals surface area contributed by atoms with Gasteiger partial charge in [-0.15, -0.1) is 26.3 Å². The first-order valence-electron chi connectivity index (χ1n) is 17.4. The van der Waals surface area contributed by atoms with Crippen molar-refractivity contribution in [2.24, 2.45) is 14.1 Å². The molecule has 0 aliphatic carbocycles. The molecule has 21 heteroatoms. The molecular weight excluding hydrogens is 902 g/mol. The lowest BCUT2D eigenvalue weighted by atomic mass is 10.0. The van der Waals surface area contributed by atoms with Gasteiger partial charge in [0, 0.05) is 78.1 Å². The number of aryl methyl sites for hydroxylation is 2. The first-order valence-corrected chi connectivity index (χ1v) is 19.0. The van der Waals surface area contributed by atoms with Crippen LogP contribution in [0.15, 0.2) is 70.4 Å². The second kappa shape index (κ2) is 21.0. The SMILES string of the molecule is Cn1cc(C(=O)N(Cc2cccc(OC(F)(F)F)c2)C2CCOCC2)nc1Br.Cn1cc(C(=O)O)nc1Br.FC(F)(F)Oc1cccc(CNC2CCOCC2)c1. The molecule has 2 aromatic carbocycles. The van der Waals surface area contributed by atoms with Crippen LogP contribution < -0.4 is 14.8 Å². The number of aromatic nitrogens is 4. The Morgan fingerprint density at radius 2 is 1.28 bits per heavy atom. The molecular formula is C36H40Br2F6N6O7. The van der Waals surface area contributed by atoms with Crippen LogP contribution in [0.1, 0.15) is 57.8 Å². The quantitative estimate of drug-likeness (QED) is 0.153. The summed E-state index contributed by atoms with van der Waals surface area (Å²) in [5.74, 6) is -1.79. The highest BCUT2D eigenvalue weighted by molar-refractivity contribution is 9.10. The summed E-state index contributed by atoms with van der Waals surface area (Å²) < 4.78 is 96.6. The Labute approximate surface area is 340 Å². The summed E-state index contributed by atoms with van der Waals surface area (Å²) in [4.78, 5) is 32.9. The van der Waals surface area contributed by atoms with Crippen LogP contribution in [0.2, 0.25) is 0 Å². The summed E-state index contributed by atoms with van der Waals surface area (Å²) in [6.07, 6.45) is -3.20. The zero-order valence-electron chi connectivity index (χ0n) is 30.7. The first kappa shape index (κ1) is 45.5. The van der Waals surface area contributed by atoms with E-state index in [0.717, 1.165) is 31.6 Å². The molecule has 1 amide bonds. The minimum atomic E-state index is -4.77. The highest BCUT2D eigenvalue weighted by Gasteiger charge is 2.33. The summed E-state index contributed by atoms with van der Waals surface area (Å²) in [6.45, 7) is 3.19. The monoisotopic (exact) mass is 940 g/mol. The van der Waals surface area contributed by atoms with E-state index in [0.29, 0.717) is 53.7 Å². The van der Waals surface area contributed by atoms with Crippen LogP contribution in [0.5, 0.6) is 11.5 Å². The number of carbonyl (C=O) groups is 2. The number of ether oxygens (including phenoxy) is 4. The lowest BCUT2D eigenvalue weighted by Gasteiger charge is -2.34. The normalized spacial score (nSPS) is 15.1. The highest BCUT2D eigenvalue weighted by atomic mass is 79.9. The van der Waals surface area contributed by atoms with Crippen LogP contribution in [-0.4, -0.2) is 92.2 Å². The highest BCUT2D eigenvalue weighted by Crippen LogP contribution is 2.27. The van der Waals surface area contributed by atoms with Gasteiger partial charge in [-0.3, -0.25) is 4.79 Å². The Kier molecular flexibility index (Phi) is 16.8. The molecule has 0 radical (unpaired) electrons. The minimum Gasteiger partial charge on any atom is -0.476 e. The lowest BCUT2D eigenvalue weighted by molar-refractivity contribution is -0.275.